The molecular formula is C29H29ClN6O3S2. The van der Waals surface area contributed by atoms with Crippen LogP contribution < -0.4 is 5.32 Å². The maximum atomic E-state index is 14.2. The second-order valence-electron chi connectivity index (χ2n) is 10.9. The van der Waals surface area contributed by atoms with E-state index in [1.807, 2.05) is 23.9 Å². The number of aromatic nitrogens is 5. The summed E-state index contributed by atoms with van der Waals surface area (Å²) in [5.74, 6) is 0. The number of nitrogens with one attached hydrogen (secondary N) is 1. The Hall–Kier alpha value is -3.09. The van der Waals surface area contributed by atoms with Crippen LogP contribution in [0.25, 0.3) is 32.7 Å². The van der Waals surface area contributed by atoms with E-state index in [4.69, 9.17) is 11.6 Å². The number of benzene rings is 1. The number of hydrogen-bond acceptors (Lipinski definition) is 8. The van der Waals surface area contributed by atoms with E-state index in [-0.39, 0.29) is 16.6 Å². The molecule has 41 heavy (non-hydrogen) atoms. The van der Waals surface area contributed by atoms with E-state index in [0.29, 0.717) is 45.1 Å². The molecule has 1 aliphatic carbocycles. The van der Waals surface area contributed by atoms with E-state index >= 15 is 0 Å². The molecule has 0 atom stereocenters. The highest BCUT2D eigenvalue weighted by molar-refractivity contribution is 7.90. The molecular weight excluding hydrogens is 580 g/mol. The molecule has 0 amide bonds. The number of halogens is 1. The Morgan fingerprint density at radius 3 is 2.56 bits per heavy atom. The predicted molar refractivity (Wildman–Crippen MR) is 160 cm³/mol. The van der Waals surface area contributed by atoms with Crippen molar-refractivity contribution in [1.82, 2.24) is 29.0 Å². The third-order valence-electron chi connectivity index (χ3n) is 8.21. The predicted octanol–water partition coefficient (Wildman–Crippen LogP) is 5.52. The van der Waals surface area contributed by atoms with Gasteiger partial charge in [-0.3, -0.25) is 4.68 Å². The number of aliphatic hydroxyl groups is 1. The van der Waals surface area contributed by atoms with Crippen LogP contribution in [0.3, 0.4) is 0 Å². The highest BCUT2D eigenvalue weighted by atomic mass is 35.5. The lowest BCUT2D eigenvalue weighted by atomic mass is 9.81. The summed E-state index contributed by atoms with van der Waals surface area (Å²) in [5.41, 5.74) is 2.11. The molecule has 1 saturated carbocycles. The minimum absolute atomic E-state index is 0.165. The summed E-state index contributed by atoms with van der Waals surface area (Å²) in [6.07, 6.45) is 11.0. The van der Waals surface area contributed by atoms with Crippen LogP contribution in [0.5, 0.6) is 0 Å². The van der Waals surface area contributed by atoms with Crippen LogP contribution in [-0.2, 0) is 15.6 Å². The van der Waals surface area contributed by atoms with Crippen molar-refractivity contribution in [3.63, 3.8) is 0 Å². The summed E-state index contributed by atoms with van der Waals surface area (Å²) in [6.45, 7) is 3.75. The van der Waals surface area contributed by atoms with Gasteiger partial charge in [-0.2, -0.15) is 5.10 Å². The molecule has 0 radical (unpaired) electrons. The SMILES string of the molecule is Cc1ccc(S(=O)(=O)n2c(-c3cnn(C4CCNCC4)c3)cc3c(-c4cnc(C5(O)CCC5)s4)c(Cl)cnc32)cc1. The number of pyridine rings is 1. The number of thiazole rings is 1. The Kier molecular flexibility index (Phi) is 6.55. The van der Waals surface area contributed by atoms with Crippen molar-refractivity contribution in [3.8, 4) is 21.7 Å². The van der Waals surface area contributed by atoms with Gasteiger partial charge in [0.05, 0.1) is 32.7 Å². The zero-order chi connectivity index (χ0) is 28.4. The lowest BCUT2D eigenvalue weighted by molar-refractivity contribution is -0.0389. The Morgan fingerprint density at radius 2 is 1.85 bits per heavy atom. The van der Waals surface area contributed by atoms with Gasteiger partial charge < -0.3 is 10.4 Å². The summed E-state index contributed by atoms with van der Waals surface area (Å²) >= 11 is 8.13. The zero-order valence-electron chi connectivity index (χ0n) is 22.4. The molecule has 2 N–H and O–H groups in total. The molecule has 0 bridgehead atoms. The standard InChI is InChI=1S/C29H29ClN6O3S2/c1-18-3-5-21(6-4-18)41(38,39)36-24(19-14-34-35(17-19)20-7-11-31-12-8-20)13-22-26(23(30)15-32-27(22)36)25-16-33-28(40-25)29(37)9-2-10-29/h3-6,13-17,20,31,37H,2,7-12H2,1H3. The third kappa shape index (κ3) is 4.51. The molecule has 5 aromatic rings. The fourth-order valence-corrected chi connectivity index (χ4v) is 8.61. The lowest BCUT2D eigenvalue weighted by Crippen LogP contribution is -2.33. The van der Waals surface area contributed by atoms with Crippen molar-refractivity contribution in [1.29, 1.82) is 0 Å². The maximum Gasteiger partial charge on any atom is 0.269 e. The highest BCUT2D eigenvalue weighted by Gasteiger charge is 2.39. The molecule has 5 heterocycles. The molecule has 2 fully saturated rings. The van der Waals surface area contributed by atoms with E-state index in [0.717, 1.165) is 42.8 Å². The first-order valence-electron chi connectivity index (χ1n) is 13.7. The molecule has 7 rings (SSSR count). The average molecular weight is 609 g/mol. The molecule has 9 nitrogen and oxygen atoms in total. The van der Waals surface area contributed by atoms with Crippen LogP contribution in [0.2, 0.25) is 5.02 Å². The molecule has 0 spiro atoms. The first kappa shape index (κ1) is 26.8. The van der Waals surface area contributed by atoms with Crippen molar-refractivity contribution < 1.29 is 13.5 Å². The third-order valence-corrected chi connectivity index (χ3v) is 11.4. The van der Waals surface area contributed by atoms with E-state index in [1.54, 1.807) is 36.7 Å². The first-order valence-corrected chi connectivity index (χ1v) is 16.3. The minimum atomic E-state index is -4.05. The second-order valence-corrected chi connectivity index (χ2v) is 14.2. The molecule has 12 heteroatoms. The van der Waals surface area contributed by atoms with Crippen LogP contribution in [0.15, 0.2) is 60.0 Å². The fraction of sp³-hybridized carbons (Fsp3) is 0.345. The molecule has 4 aromatic heterocycles. The summed E-state index contributed by atoms with van der Waals surface area (Å²) in [7, 11) is -4.05. The van der Waals surface area contributed by atoms with E-state index < -0.39 is 15.6 Å². The van der Waals surface area contributed by atoms with Crippen LogP contribution in [-0.4, -0.2) is 50.3 Å². The van der Waals surface area contributed by atoms with Gasteiger partial charge in [0.1, 0.15) is 10.6 Å². The number of nitrogens with zero attached hydrogens (tertiary/aromatic N) is 5. The van der Waals surface area contributed by atoms with Gasteiger partial charge in [0.2, 0.25) is 0 Å². The van der Waals surface area contributed by atoms with Gasteiger partial charge in [0.15, 0.2) is 5.65 Å². The van der Waals surface area contributed by atoms with Crippen molar-refractivity contribution in [2.24, 2.45) is 0 Å². The molecule has 1 aromatic carbocycles. The monoisotopic (exact) mass is 608 g/mol. The van der Waals surface area contributed by atoms with Crippen LogP contribution >= 0.6 is 22.9 Å². The summed E-state index contributed by atoms with van der Waals surface area (Å²) in [6, 6.07) is 8.87. The molecule has 1 aliphatic heterocycles. The second kappa shape index (κ2) is 10.0. The normalized spacial score (nSPS) is 17.6. The van der Waals surface area contributed by atoms with Gasteiger partial charge >= 0.3 is 0 Å². The van der Waals surface area contributed by atoms with E-state index in [9.17, 15) is 13.5 Å². The van der Waals surface area contributed by atoms with Gasteiger partial charge in [-0.1, -0.05) is 29.3 Å². The topological polar surface area (TPSA) is 115 Å². The molecule has 2 aliphatic rings. The van der Waals surface area contributed by atoms with Crippen molar-refractivity contribution in [2.75, 3.05) is 13.1 Å². The number of aryl methyl sites for hydroxylation is 1. The van der Waals surface area contributed by atoms with Gasteiger partial charge in [-0.05, 0) is 70.3 Å². The van der Waals surface area contributed by atoms with Crippen molar-refractivity contribution in [3.05, 3.63) is 70.7 Å². The van der Waals surface area contributed by atoms with E-state index in [1.165, 1.54) is 21.5 Å². The number of hydrogen-bond donors (Lipinski definition) is 2. The Balaban J connectivity index is 1.44. The first-order chi connectivity index (χ1) is 19.7. The van der Waals surface area contributed by atoms with Crippen LogP contribution in [0, 0.1) is 6.92 Å². The molecule has 0 unspecified atom stereocenters. The lowest BCUT2D eigenvalue weighted by Gasteiger charge is -2.34. The van der Waals surface area contributed by atoms with Gasteiger partial charge in [-0.15, -0.1) is 11.3 Å². The summed E-state index contributed by atoms with van der Waals surface area (Å²) < 4.78 is 31.7. The fourth-order valence-electron chi connectivity index (χ4n) is 5.68. The van der Waals surface area contributed by atoms with Crippen LogP contribution in [0.4, 0.5) is 0 Å². The van der Waals surface area contributed by atoms with Crippen molar-refractivity contribution >= 4 is 44.0 Å². The van der Waals surface area contributed by atoms with Gasteiger partial charge in [0.25, 0.3) is 10.0 Å². The largest absolute Gasteiger partial charge is 0.383 e. The average Bonchev–Trinajstić information content (AvgIpc) is 3.71. The Bertz CT molecular complexity index is 1870. The highest BCUT2D eigenvalue weighted by Crippen LogP contribution is 2.47. The number of piperidine rings is 1. The van der Waals surface area contributed by atoms with Crippen molar-refractivity contribution in [2.45, 2.75) is 55.6 Å². The Morgan fingerprint density at radius 1 is 1.10 bits per heavy atom. The molecule has 1 saturated heterocycles. The maximum absolute atomic E-state index is 14.2. The Labute approximate surface area is 246 Å². The van der Waals surface area contributed by atoms with E-state index in [2.05, 4.69) is 20.4 Å². The number of fused-ring (bicyclic) bond motifs is 1. The number of rotatable bonds is 6. The summed E-state index contributed by atoms with van der Waals surface area (Å²) in [5, 5.41) is 20.5. The van der Waals surface area contributed by atoms with Crippen LogP contribution in [0.1, 0.15) is 48.7 Å². The molecule has 212 valence electrons. The zero-order valence-corrected chi connectivity index (χ0v) is 24.8. The summed E-state index contributed by atoms with van der Waals surface area (Å²) in [4.78, 5) is 9.99. The quantitative estimate of drug-likeness (QED) is 0.261. The van der Waals surface area contributed by atoms with Gasteiger partial charge in [0, 0.05) is 35.1 Å². The smallest absolute Gasteiger partial charge is 0.269 e. The minimum Gasteiger partial charge on any atom is -0.383 e. The van der Waals surface area contributed by atoms with Gasteiger partial charge in [-0.25, -0.2) is 22.4 Å².